The lowest BCUT2D eigenvalue weighted by Crippen LogP contribution is -2.24. The normalized spacial score (nSPS) is 10.7. The highest BCUT2D eigenvalue weighted by molar-refractivity contribution is 6.09. The molecule has 0 saturated carbocycles. The van der Waals surface area contributed by atoms with Crippen LogP contribution in [0, 0.1) is 0 Å². The molecule has 1 aromatic carbocycles. The quantitative estimate of drug-likeness (QED) is 0.537. The minimum absolute atomic E-state index is 0.196. The van der Waals surface area contributed by atoms with Crippen LogP contribution in [0.4, 0.5) is 4.79 Å². The first-order chi connectivity index (χ1) is 14.7. The van der Waals surface area contributed by atoms with Gasteiger partial charge in [0.1, 0.15) is 6.61 Å². The average Bonchev–Trinajstić information content (AvgIpc) is 3.15. The number of ether oxygens (including phenoxy) is 2. The highest BCUT2D eigenvalue weighted by Crippen LogP contribution is 2.29. The number of hydrogen-bond acceptors (Lipinski definition) is 6. The van der Waals surface area contributed by atoms with Gasteiger partial charge in [0.15, 0.2) is 0 Å². The molecule has 1 amide bonds. The van der Waals surface area contributed by atoms with Crippen molar-refractivity contribution in [2.75, 3.05) is 13.2 Å². The molecular weight excluding hydrogens is 384 g/mol. The van der Waals surface area contributed by atoms with Crippen LogP contribution in [-0.2, 0) is 11.3 Å². The minimum Gasteiger partial charge on any atom is -0.471 e. The van der Waals surface area contributed by atoms with Crippen molar-refractivity contribution < 1.29 is 19.1 Å². The van der Waals surface area contributed by atoms with Crippen molar-refractivity contribution in [2.24, 2.45) is 0 Å². The number of hydrogen-bond donors (Lipinski definition) is 1. The standard InChI is InChI=1S/C22H26N4O4/c1-3-5-6-13-24-20(27)17-10-7-11-18-19(17)21(25-26(18)22(28)29-4-2)30-15-16-9-8-12-23-14-16/h7-12,14H,3-6,13,15H2,1-2H3,(H,24,27). The number of aromatic nitrogens is 3. The Bertz CT molecular complexity index is 1000. The van der Waals surface area contributed by atoms with Crippen molar-refractivity contribution in [1.29, 1.82) is 0 Å². The molecule has 8 heteroatoms. The number of unbranched alkanes of at least 4 members (excludes halogenated alkanes) is 2. The van der Waals surface area contributed by atoms with E-state index in [0.717, 1.165) is 29.5 Å². The van der Waals surface area contributed by atoms with Crippen LogP contribution in [0.1, 0.15) is 49.0 Å². The highest BCUT2D eigenvalue weighted by atomic mass is 16.6. The van der Waals surface area contributed by atoms with Gasteiger partial charge in [-0.1, -0.05) is 31.9 Å². The lowest BCUT2D eigenvalue weighted by atomic mass is 10.1. The summed E-state index contributed by atoms with van der Waals surface area (Å²) in [4.78, 5) is 29.3. The number of nitrogens with one attached hydrogen (secondary N) is 1. The van der Waals surface area contributed by atoms with Crippen molar-refractivity contribution in [3.05, 3.63) is 53.9 Å². The zero-order valence-corrected chi connectivity index (χ0v) is 17.3. The fraction of sp³-hybridized carbons (Fsp3) is 0.364. The summed E-state index contributed by atoms with van der Waals surface area (Å²) in [5.74, 6) is -0.0347. The molecule has 0 bridgehead atoms. The largest absolute Gasteiger partial charge is 0.471 e. The van der Waals surface area contributed by atoms with Gasteiger partial charge in [-0.2, -0.15) is 4.68 Å². The lowest BCUT2D eigenvalue weighted by Gasteiger charge is -2.08. The number of fused-ring (bicyclic) bond motifs is 1. The molecule has 1 N–H and O–H groups in total. The average molecular weight is 410 g/mol. The first-order valence-electron chi connectivity index (χ1n) is 10.1. The Hall–Kier alpha value is -3.42. The number of amides is 1. The van der Waals surface area contributed by atoms with Crippen LogP contribution in [0.25, 0.3) is 10.9 Å². The smallest absolute Gasteiger partial charge is 0.435 e. The SMILES string of the molecule is CCCCCNC(=O)c1cccc2c1c(OCc1cccnc1)nn2C(=O)OCC. The van der Waals surface area contributed by atoms with Gasteiger partial charge in [0.25, 0.3) is 5.91 Å². The van der Waals surface area contributed by atoms with Crippen LogP contribution >= 0.6 is 0 Å². The zero-order valence-electron chi connectivity index (χ0n) is 17.3. The monoisotopic (exact) mass is 410 g/mol. The van der Waals surface area contributed by atoms with Gasteiger partial charge in [-0.05, 0) is 31.5 Å². The van der Waals surface area contributed by atoms with Gasteiger partial charge in [-0.3, -0.25) is 9.78 Å². The summed E-state index contributed by atoms with van der Waals surface area (Å²) in [5, 5.41) is 7.70. The fourth-order valence-corrected chi connectivity index (χ4v) is 3.06. The van der Waals surface area contributed by atoms with Crippen LogP contribution in [0.15, 0.2) is 42.7 Å². The Kier molecular flexibility index (Phi) is 7.37. The van der Waals surface area contributed by atoms with Crippen molar-refractivity contribution in [1.82, 2.24) is 20.1 Å². The molecule has 0 aliphatic heterocycles. The van der Waals surface area contributed by atoms with E-state index in [1.165, 1.54) is 0 Å². The summed E-state index contributed by atoms with van der Waals surface area (Å²) in [6.45, 7) is 4.83. The van der Waals surface area contributed by atoms with Crippen LogP contribution < -0.4 is 10.1 Å². The summed E-state index contributed by atoms with van der Waals surface area (Å²) in [6, 6.07) is 8.81. The van der Waals surface area contributed by atoms with Gasteiger partial charge in [0, 0.05) is 24.5 Å². The van der Waals surface area contributed by atoms with Crippen LogP contribution in [0.5, 0.6) is 5.88 Å². The van der Waals surface area contributed by atoms with Gasteiger partial charge in [-0.25, -0.2) is 4.79 Å². The third-order valence-electron chi connectivity index (χ3n) is 4.52. The molecule has 0 unspecified atom stereocenters. The van der Waals surface area contributed by atoms with E-state index >= 15 is 0 Å². The Morgan fingerprint density at radius 2 is 2.00 bits per heavy atom. The third-order valence-corrected chi connectivity index (χ3v) is 4.52. The minimum atomic E-state index is -0.626. The Morgan fingerprint density at radius 1 is 1.13 bits per heavy atom. The number of nitrogens with zero attached hydrogens (tertiary/aromatic N) is 3. The topological polar surface area (TPSA) is 95.3 Å². The second kappa shape index (κ2) is 10.4. The molecule has 2 heterocycles. The van der Waals surface area contributed by atoms with E-state index in [0.29, 0.717) is 23.0 Å². The zero-order chi connectivity index (χ0) is 21.3. The predicted molar refractivity (Wildman–Crippen MR) is 113 cm³/mol. The summed E-state index contributed by atoms with van der Waals surface area (Å²) in [6.07, 6.45) is 5.76. The molecule has 0 fully saturated rings. The number of benzene rings is 1. The van der Waals surface area contributed by atoms with E-state index in [1.54, 1.807) is 37.5 Å². The fourth-order valence-electron chi connectivity index (χ4n) is 3.06. The van der Waals surface area contributed by atoms with Crippen molar-refractivity contribution in [3.8, 4) is 5.88 Å². The van der Waals surface area contributed by atoms with Crippen LogP contribution in [-0.4, -0.2) is 39.9 Å². The Balaban J connectivity index is 1.95. The van der Waals surface area contributed by atoms with Gasteiger partial charge < -0.3 is 14.8 Å². The maximum Gasteiger partial charge on any atom is 0.435 e. The van der Waals surface area contributed by atoms with Crippen molar-refractivity contribution in [2.45, 2.75) is 39.7 Å². The molecule has 0 aliphatic rings. The molecule has 2 aromatic heterocycles. The first-order valence-corrected chi connectivity index (χ1v) is 10.1. The summed E-state index contributed by atoms with van der Waals surface area (Å²) in [5.41, 5.74) is 1.70. The van der Waals surface area contributed by atoms with E-state index in [9.17, 15) is 9.59 Å². The molecule has 0 aliphatic carbocycles. The summed E-state index contributed by atoms with van der Waals surface area (Å²) in [7, 11) is 0. The van der Waals surface area contributed by atoms with Gasteiger partial charge in [0.2, 0.25) is 5.88 Å². The second-order valence-electron chi connectivity index (χ2n) is 6.73. The summed E-state index contributed by atoms with van der Waals surface area (Å²) < 4.78 is 12.1. The highest BCUT2D eigenvalue weighted by Gasteiger charge is 2.23. The number of pyridine rings is 1. The molecule has 158 valence electrons. The van der Waals surface area contributed by atoms with Gasteiger partial charge >= 0.3 is 6.09 Å². The van der Waals surface area contributed by atoms with Crippen LogP contribution in [0.2, 0.25) is 0 Å². The number of rotatable bonds is 9. The van der Waals surface area contributed by atoms with E-state index in [-0.39, 0.29) is 25.0 Å². The molecule has 0 atom stereocenters. The maximum atomic E-state index is 12.8. The molecule has 8 nitrogen and oxygen atoms in total. The molecule has 3 rings (SSSR count). The molecule has 0 spiro atoms. The van der Waals surface area contributed by atoms with E-state index in [1.807, 2.05) is 12.1 Å². The Morgan fingerprint density at radius 3 is 2.73 bits per heavy atom. The van der Waals surface area contributed by atoms with Crippen molar-refractivity contribution >= 4 is 22.9 Å². The van der Waals surface area contributed by atoms with Crippen LogP contribution in [0.3, 0.4) is 0 Å². The molecular formula is C22H26N4O4. The second-order valence-corrected chi connectivity index (χ2v) is 6.73. The molecule has 0 saturated heterocycles. The molecule has 30 heavy (non-hydrogen) atoms. The van der Waals surface area contributed by atoms with Crippen molar-refractivity contribution in [3.63, 3.8) is 0 Å². The third kappa shape index (κ3) is 4.94. The van der Waals surface area contributed by atoms with E-state index in [4.69, 9.17) is 9.47 Å². The predicted octanol–water partition coefficient (Wildman–Crippen LogP) is 3.93. The Labute approximate surface area is 175 Å². The van der Waals surface area contributed by atoms with E-state index in [2.05, 4.69) is 22.3 Å². The lowest BCUT2D eigenvalue weighted by molar-refractivity contribution is 0.0954. The van der Waals surface area contributed by atoms with Gasteiger partial charge in [0.05, 0.1) is 23.1 Å². The molecule has 0 radical (unpaired) electrons. The first kappa shape index (κ1) is 21.3. The molecule has 3 aromatic rings. The number of carbonyl (C=O) groups is 2. The summed E-state index contributed by atoms with van der Waals surface area (Å²) >= 11 is 0. The maximum absolute atomic E-state index is 12.8. The number of carbonyl (C=O) groups excluding carboxylic acids is 2. The van der Waals surface area contributed by atoms with E-state index < -0.39 is 6.09 Å². The van der Waals surface area contributed by atoms with Gasteiger partial charge in [-0.15, -0.1) is 5.10 Å².